The van der Waals surface area contributed by atoms with Gasteiger partial charge in [0.2, 0.25) is 0 Å². The molecule has 0 aromatic rings. The van der Waals surface area contributed by atoms with E-state index in [9.17, 15) is 13.6 Å². The Hall–Kier alpha value is -0.510. The van der Waals surface area contributed by atoms with E-state index < -0.39 is 12.0 Å². The Labute approximate surface area is 57.2 Å². The van der Waals surface area contributed by atoms with Gasteiger partial charge in [-0.1, -0.05) is 0 Å². The zero-order valence-corrected chi connectivity index (χ0v) is 5.35. The number of ether oxygens (including phenoxy) is 1. The van der Waals surface area contributed by atoms with Gasteiger partial charge in [-0.15, -0.1) is 0 Å². The molecule has 0 aromatic heterocycles. The second-order valence-electron chi connectivity index (χ2n) is 2.29. The minimum absolute atomic E-state index is 0.283. The summed E-state index contributed by atoms with van der Waals surface area (Å²) in [7, 11) is 0. The van der Waals surface area contributed by atoms with E-state index in [0.29, 0.717) is 13.0 Å². The fraction of sp³-hybridized carbons (Fsp3) is 0.833. The first-order valence-corrected chi connectivity index (χ1v) is 3.12. The smallest absolute Gasteiger partial charge is 0.327 e. The summed E-state index contributed by atoms with van der Waals surface area (Å²) in [6, 6.07) is 0. The number of halogens is 2. The number of carbonyl (C=O) groups is 1. The number of carbonyl (C=O) groups excluding carboxylic acids is 1. The van der Waals surface area contributed by atoms with Gasteiger partial charge in [-0.3, -0.25) is 4.79 Å². The van der Waals surface area contributed by atoms with Gasteiger partial charge >= 0.3 is 5.92 Å². The Bertz CT molecular complexity index is 130. The third kappa shape index (κ3) is 1.31. The number of aldehydes is 1. The highest BCUT2D eigenvalue weighted by molar-refractivity contribution is 5.60. The maximum absolute atomic E-state index is 12.4. The lowest BCUT2D eigenvalue weighted by Gasteiger charge is -2.15. The third-order valence-corrected chi connectivity index (χ3v) is 1.52. The Morgan fingerprint density at radius 2 is 2.30 bits per heavy atom. The van der Waals surface area contributed by atoms with Crippen molar-refractivity contribution in [2.75, 3.05) is 6.61 Å². The lowest BCUT2D eigenvalue weighted by molar-refractivity contribution is -0.148. The van der Waals surface area contributed by atoms with Crippen molar-refractivity contribution in [3.8, 4) is 0 Å². The third-order valence-electron chi connectivity index (χ3n) is 1.52. The zero-order valence-electron chi connectivity index (χ0n) is 5.35. The molecule has 1 fully saturated rings. The van der Waals surface area contributed by atoms with Crippen molar-refractivity contribution >= 4 is 6.29 Å². The van der Waals surface area contributed by atoms with E-state index in [1.54, 1.807) is 0 Å². The molecule has 0 N–H and O–H groups in total. The van der Waals surface area contributed by atoms with Gasteiger partial charge < -0.3 is 4.74 Å². The van der Waals surface area contributed by atoms with E-state index in [-0.39, 0.29) is 12.7 Å². The van der Waals surface area contributed by atoms with Gasteiger partial charge in [-0.2, -0.15) is 8.78 Å². The molecule has 1 atom stereocenters. The number of rotatable bonds is 2. The SMILES string of the molecule is O=CC(F)(F)C1CCCO1. The van der Waals surface area contributed by atoms with Crippen LogP contribution < -0.4 is 0 Å². The maximum Gasteiger partial charge on any atom is 0.327 e. The fourth-order valence-electron chi connectivity index (χ4n) is 0.957. The van der Waals surface area contributed by atoms with E-state index in [2.05, 4.69) is 4.74 Å². The zero-order chi connectivity index (χ0) is 7.61. The molecule has 0 radical (unpaired) electrons. The lowest BCUT2D eigenvalue weighted by Crippen LogP contribution is -2.34. The Kier molecular flexibility index (Phi) is 1.99. The summed E-state index contributed by atoms with van der Waals surface area (Å²) in [5.74, 6) is -3.28. The molecule has 0 spiro atoms. The predicted molar refractivity (Wildman–Crippen MR) is 30.0 cm³/mol. The molecule has 1 heterocycles. The molecule has 58 valence electrons. The van der Waals surface area contributed by atoms with Crippen LogP contribution in [0.4, 0.5) is 8.78 Å². The fourth-order valence-corrected chi connectivity index (χ4v) is 0.957. The molecule has 1 rings (SSSR count). The van der Waals surface area contributed by atoms with Gasteiger partial charge in [0.15, 0.2) is 6.29 Å². The van der Waals surface area contributed by atoms with Crippen LogP contribution in [0.2, 0.25) is 0 Å². The minimum atomic E-state index is -3.28. The predicted octanol–water partition coefficient (Wildman–Crippen LogP) is 1.000. The van der Waals surface area contributed by atoms with Crippen molar-refractivity contribution in [1.29, 1.82) is 0 Å². The summed E-state index contributed by atoms with van der Waals surface area (Å²) in [4.78, 5) is 9.78. The molecule has 0 saturated carbocycles. The molecule has 1 saturated heterocycles. The first-order chi connectivity index (χ1) is 4.67. The van der Waals surface area contributed by atoms with Crippen LogP contribution in [0.3, 0.4) is 0 Å². The van der Waals surface area contributed by atoms with Gasteiger partial charge in [-0.25, -0.2) is 0 Å². The summed E-state index contributed by atoms with van der Waals surface area (Å²) < 4.78 is 29.4. The first-order valence-electron chi connectivity index (χ1n) is 3.12. The van der Waals surface area contributed by atoms with E-state index in [0.717, 1.165) is 0 Å². The lowest BCUT2D eigenvalue weighted by atomic mass is 10.1. The van der Waals surface area contributed by atoms with Crippen LogP contribution in [0.15, 0.2) is 0 Å². The van der Waals surface area contributed by atoms with Gasteiger partial charge in [-0.05, 0) is 12.8 Å². The first kappa shape index (κ1) is 7.60. The minimum Gasteiger partial charge on any atom is -0.371 e. The van der Waals surface area contributed by atoms with Crippen molar-refractivity contribution in [1.82, 2.24) is 0 Å². The molecular formula is C6H8F2O2. The summed E-state index contributed by atoms with van der Waals surface area (Å²) in [6.45, 7) is 0.341. The molecule has 2 nitrogen and oxygen atoms in total. The second kappa shape index (κ2) is 2.62. The Morgan fingerprint density at radius 3 is 2.70 bits per heavy atom. The summed E-state index contributed by atoms with van der Waals surface area (Å²) >= 11 is 0. The van der Waals surface area contributed by atoms with Crippen molar-refractivity contribution in [3.63, 3.8) is 0 Å². The van der Waals surface area contributed by atoms with Gasteiger partial charge in [0, 0.05) is 6.61 Å². The number of alkyl halides is 2. The molecule has 1 aliphatic rings. The second-order valence-corrected chi connectivity index (χ2v) is 2.29. The number of hydrogen-bond acceptors (Lipinski definition) is 2. The standard InChI is InChI=1S/C6H8F2O2/c7-6(8,4-9)5-2-1-3-10-5/h4-5H,1-3H2. The van der Waals surface area contributed by atoms with Crippen LogP contribution in [0, 0.1) is 0 Å². The van der Waals surface area contributed by atoms with Gasteiger partial charge in [0.1, 0.15) is 6.10 Å². The molecule has 0 amide bonds. The molecule has 0 bridgehead atoms. The van der Waals surface area contributed by atoms with Crippen LogP contribution in [0.5, 0.6) is 0 Å². The van der Waals surface area contributed by atoms with E-state index >= 15 is 0 Å². The Morgan fingerprint density at radius 1 is 1.60 bits per heavy atom. The van der Waals surface area contributed by atoms with Crippen LogP contribution in [-0.4, -0.2) is 24.9 Å². The molecule has 10 heavy (non-hydrogen) atoms. The largest absolute Gasteiger partial charge is 0.371 e. The normalized spacial score (nSPS) is 26.8. The number of hydrogen-bond donors (Lipinski definition) is 0. The van der Waals surface area contributed by atoms with E-state index in [1.807, 2.05) is 0 Å². The van der Waals surface area contributed by atoms with Crippen LogP contribution in [-0.2, 0) is 9.53 Å². The average Bonchev–Trinajstić information content (AvgIpc) is 2.38. The molecule has 1 aliphatic heterocycles. The molecular weight excluding hydrogens is 142 g/mol. The highest BCUT2D eigenvalue weighted by Crippen LogP contribution is 2.26. The average molecular weight is 150 g/mol. The molecule has 0 aromatic carbocycles. The van der Waals surface area contributed by atoms with Crippen LogP contribution in [0.1, 0.15) is 12.8 Å². The summed E-state index contributed by atoms with van der Waals surface area (Å²) in [6.07, 6.45) is -0.618. The van der Waals surface area contributed by atoms with Crippen molar-refractivity contribution in [3.05, 3.63) is 0 Å². The van der Waals surface area contributed by atoms with Crippen LogP contribution in [0.25, 0.3) is 0 Å². The quantitative estimate of drug-likeness (QED) is 0.549. The van der Waals surface area contributed by atoms with E-state index in [4.69, 9.17) is 0 Å². The molecule has 0 aliphatic carbocycles. The van der Waals surface area contributed by atoms with Gasteiger partial charge in [0.25, 0.3) is 0 Å². The highest BCUT2D eigenvalue weighted by Gasteiger charge is 2.41. The highest BCUT2D eigenvalue weighted by atomic mass is 19.3. The maximum atomic E-state index is 12.4. The van der Waals surface area contributed by atoms with Crippen molar-refractivity contribution in [2.45, 2.75) is 24.9 Å². The van der Waals surface area contributed by atoms with Gasteiger partial charge in [0.05, 0.1) is 0 Å². The molecule has 1 unspecified atom stereocenters. The van der Waals surface area contributed by atoms with Crippen LogP contribution >= 0.6 is 0 Å². The molecule has 4 heteroatoms. The topological polar surface area (TPSA) is 26.3 Å². The van der Waals surface area contributed by atoms with Crippen molar-refractivity contribution < 1.29 is 18.3 Å². The Balaban J connectivity index is 2.53. The van der Waals surface area contributed by atoms with E-state index in [1.165, 1.54) is 0 Å². The monoisotopic (exact) mass is 150 g/mol. The summed E-state index contributed by atoms with van der Waals surface area (Å²) in [5.41, 5.74) is 0. The van der Waals surface area contributed by atoms with Crippen molar-refractivity contribution in [2.24, 2.45) is 0 Å². The summed E-state index contributed by atoms with van der Waals surface area (Å²) in [5, 5.41) is 0.